The van der Waals surface area contributed by atoms with Gasteiger partial charge in [0, 0.05) is 57.6 Å². The summed E-state index contributed by atoms with van der Waals surface area (Å²) in [5.74, 6) is -0.300. The van der Waals surface area contributed by atoms with Gasteiger partial charge in [0.25, 0.3) is 0 Å². The van der Waals surface area contributed by atoms with Crippen LogP contribution >= 0.6 is 0 Å². The van der Waals surface area contributed by atoms with Crippen molar-refractivity contribution >= 4 is 22.6 Å². The summed E-state index contributed by atoms with van der Waals surface area (Å²) in [5.41, 5.74) is 1.48. The maximum absolute atomic E-state index is 13.0. The Hall–Kier alpha value is -2.18. The standard InChI is InChI=1S/C17H22N4O2/c1-20(2)17(23)15(21-9-7-18-8-10-21)16(22)13-4-3-12-5-6-19-14(12)11-13/h3-6,11,15,18-19H,7-10H2,1-2H3. The Balaban J connectivity index is 1.93. The molecule has 122 valence electrons. The van der Waals surface area contributed by atoms with Crippen molar-refractivity contribution in [2.45, 2.75) is 6.04 Å². The van der Waals surface area contributed by atoms with Gasteiger partial charge in [0.1, 0.15) is 0 Å². The van der Waals surface area contributed by atoms with Crippen LogP contribution in [-0.4, -0.2) is 72.8 Å². The summed E-state index contributed by atoms with van der Waals surface area (Å²) >= 11 is 0. The molecule has 23 heavy (non-hydrogen) atoms. The van der Waals surface area contributed by atoms with Crippen LogP contribution in [0.3, 0.4) is 0 Å². The zero-order chi connectivity index (χ0) is 16.4. The molecule has 1 fully saturated rings. The van der Waals surface area contributed by atoms with Crippen molar-refractivity contribution in [3.63, 3.8) is 0 Å². The van der Waals surface area contributed by atoms with E-state index in [0.29, 0.717) is 18.7 Å². The molecule has 1 aliphatic rings. The van der Waals surface area contributed by atoms with E-state index in [2.05, 4.69) is 10.3 Å². The number of benzene rings is 1. The Kier molecular flexibility index (Phi) is 4.45. The first-order chi connectivity index (χ1) is 11.1. The van der Waals surface area contributed by atoms with Crippen LogP contribution in [0, 0.1) is 0 Å². The van der Waals surface area contributed by atoms with E-state index >= 15 is 0 Å². The van der Waals surface area contributed by atoms with Gasteiger partial charge in [-0.3, -0.25) is 14.5 Å². The van der Waals surface area contributed by atoms with Gasteiger partial charge in [0.05, 0.1) is 0 Å². The van der Waals surface area contributed by atoms with Crippen LogP contribution in [0.25, 0.3) is 10.9 Å². The lowest BCUT2D eigenvalue weighted by molar-refractivity contribution is -0.132. The average molecular weight is 314 g/mol. The fraction of sp³-hybridized carbons (Fsp3) is 0.412. The molecule has 1 aromatic heterocycles. The van der Waals surface area contributed by atoms with Crippen LogP contribution in [0.1, 0.15) is 10.4 Å². The number of likely N-dealkylation sites (N-methyl/N-ethyl adjacent to an activating group) is 1. The average Bonchev–Trinajstić information content (AvgIpc) is 3.03. The van der Waals surface area contributed by atoms with Crippen LogP contribution in [0.15, 0.2) is 30.5 Å². The van der Waals surface area contributed by atoms with E-state index < -0.39 is 6.04 Å². The molecule has 2 heterocycles. The van der Waals surface area contributed by atoms with Crippen molar-refractivity contribution in [1.29, 1.82) is 0 Å². The number of ketones is 1. The normalized spacial score (nSPS) is 17.1. The molecule has 6 nitrogen and oxygen atoms in total. The molecule has 1 aromatic carbocycles. The third kappa shape index (κ3) is 3.13. The molecule has 2 aromatic rings. The number of Topliss-reactive ketones (excluding diaryl/α,β-unsaturated/α-hetero) is 1. The lowest BCUT2D eigenvalue weighted by atomic mass is 10.00. The molecule has 6 heteroatoms. The number of H-pyrrole nitrogens is 1. The summed E-state index contributed by atoms with van der Waals surface area (Å²) < 4.78 is 0. The lowest BCUT2D eigenvalue weighted by Gasteiger charge is -2.34. The number of hydrogen-bond donors (Lipinski definition) is 2. The molecule has 1 aliphatic heterocycles. The first-order valence-corrected chi connectivity index (χ1v) is 7.85. The largest absolute Gasteiger partial charge is 0.361 e. The van der Waals surface area contributed by atoms with E-state index in [-0.39, 0.29) is 11.7 Å². The molecule has 2 N–H and O–H groups in total. The first kappa shape index (κ1) is 15.7. The molecule has 0 radical (unpaired) electrons. The molecule has 3 rings (SSSR count). The summed E-state index contributed by atoms with van der Waals surface area (Å²) in [4.78, 5) is 32.2. The van der Waals surface area contributed by atoms with Crippen molar-refractivity contribution in [1.82, 2.24) is 20.1 Å². The van der Waals surface area contributed by atoms with Gasteiger partial charge in [-0.1, -0.05) is 12.1 Å². The van der Waals surface area contributed by atoms with E-state index in [1.807, 2.05) is 29.3 Å². The van der Waals surface area contributed by atoms with Crippen LogP contribution in [0.5, 0.6) is 0 Å². The Morgan fingerprint density at radius 1 is 1.17 bits per heavy atom. The third-order valence-electron chi connectivity index (χ3n) is 4.28. The second kappa shape index (κ2) is 6.52. The van der Waals surface area contributed by atoms with Gasteiger partial charge in [0.15, 0.2) is 11.8 Å². The van der Waals surface area contributed by atoms with Crippen LogP contribution < -0.4 is 5.32 Å². The molecule has 1 amide bonds. The number of carbonyl (C=O) groups is 2. The van der Waals surface area contributed by atoms with Gasteiger partial charge in [-0.05, 0) is 17.5 Å². The summed E-state index contributed by atoms with van der Waals surface area (Å²) in [6, 6.07) is 6.75. The zero-order valence-corrected chi connectivity index (χ0v) is 13.5. The van der Waals surface area contributed by atoms with Gasteiger partial charge >= 0.3 is 0 Å². The topological polar surface area (TPSA) is 68.4 Å². The van der Waals surface area contributed by atoms with Crippen molar-refractivity contribution in [3.8, 4) is 0 Å². The highest BCUT2D eigenvalue weighted by Crippen LogP contribution is 2.18. The van der Waals surface area contributed by atoms with E-state index in [1.165, 1.54) is 4.90 Å². The maximum Gasteiger partial charge on any atom is 0.247 e. The molecule has 0 saturated carbocycles. The molecule has 1 saturated heterocycles. The second-order valence-corrected chi connectivity index (χ2v) is 6.07. The molecule has 1 atom stereocenters. The number of fused-ring (bicyclic) bond motifs is 1. The highest BCUT2D eigenvalue weighted by Gasteiger charge is 2.35. The first-order valence-electron chi connectivity index (χ1n) is 7.85. The van der Waals surface area contributed by atoms with Crippen molar-refractivity contribution < 1.29 is 9.59 Å². The van der Waals surface area contributed by atoms with E-state index in [1.54, 1.807) is 20.2 Å². The quantitative estimate of drug-likeness (QED) is 0.644. The molecule has 1 unspecified atom stereocenters. The van der Waals surface area contributed by atoms with Crippen molar-refractivity contribution in [2.24, 2.45) is 0 Å². The minimum Gasteiger partial charge on any atom is -0.361 e. The van der Waals surface area contributed by atoms with Crippen LogP contribution in [0.4, 0.5) is 0 Å². The van der Waals surface area contributed by atoms with Crippen LogP contribution in [0.2, 0.25) is 0 Å². The van der Waals surface area contributed by atoms with Gasteiger partial charge < -0.3 is 15.2 Å². The highest BCUT2D eigenvalue weighted by atomic mass is 16.2. The predicted molar refractivity (Wildman–Crippen MR) is 89.6 cm³/mol. The Bertz CT molecular complexity index is 716. The van der Waals surface area contributed by atoms with Gasteiger partial charge in [-0.25, -0.2) is 0 Å². The molecular weight excluding hydrogens is 292 g/mol. The molecule has 0 aliphatic carbocycles. The molecule has 0 spiro atoms. The maximum atomic E-state index is 13.0. The number of rotatable bonds is 4. The zero-order valence-electron chi connectivity index (χ0n) is 13.5. The van der Waals surface area contributed by atoms with E-state index in [4.69, 9.17) is 0 Å². The van der Waals surface area contributed by atoms with Crippen molar-refractivity contribution in [3.05, 3.63) is 36.0 Å². The predicted octanol–water partition coefficient (Wildman–Crippen LogP) is 0.713. The van der Waals surface area contributed by atoms with Gasteiger partial charge in [-0.15, -0.1) is 0 Å². The monoisotopic (exact) mass is 314 g/mol. The summed E-state index contributed by atoms with van der Waals surface area (Å²) in [6.45, 7) is 2.97. The smallest absolute Gasteiger partial charge is 0.247 e. The Morgan fingerprint density at radius 3 is 2.61 bits per heavy atom. The summed E-state index contributed by atoms with van der Waals surface area (Å²) in [7, 11) is 3.39. The Morgan fingerprint density at radius 2 is 1.91 bits per heavy atom. The third-order valence-corrected chi connectivity index (χ3v) is 4.28. The number of piperazine rings is 1. The van der Waals surface area contributed by atoms with E-state index in [0.717, 1.165) is 24.0 Å². The fourth-order valence-corrected chi connectivity index (χ4v) is 2.98. The minimum absolute atomic E-state index is 0.137. The molecular formula is C17H22N4O2. The number of aromatic nitrogens is 1. The summed E-state index contributed by atoms with van der Waals surface area (Å²) in [6.07, 6.45) is 1.84. The minimum atomic E-state index is -0.750. The number of carbonyl (C=O) groups excluding carboxylic acids is 2. The lowest BCUT2D eigenvalue weighted by Crippen LogP contribution is -2.56. The van der Waals surface area contributed by atoms with E-state index in [9.17, 15) is 9.59 Å². The second-order valence-electron chi connectivity index (χ2n) is 6.07. The van der Waals surface area contributed by atoms with Gasteiger partial charge in [-0.2, -0.15) is 0 Å². The van der Waals surface area contributed by atoms with Crippen LogP contribution in [-0.2, 0) is 4.79 Å². The summed E-state index contributed by atoms with van der Waals surface area (Å²) in [5, 5.41) is 4.31. The number of nitrogens with one attached hydrogen (secondary N) is 2. The van der Waals surface area contributed by atoms with Gasteiger partial charge in [0.2, 0.25) is 5.91 Å². The fourth-order valence-electron chi connectivity index (χ4n) is 2.98. The molecule has 0 bridgehead atoms. The highest BCUT2D eigenvalue weighted by molar-refractivity contribution is 6.14. The Labute approximate surface area is 135 Å². The number of nitrogens with zero attached hydrogens (tertiary/aromatic N) is 2. The van der Waals surface area contributed by atoms with Crippen molar-refractivity contribution in [2.75, 3.05) is 40.3 Å². The number of hydrogen-bond acceptors (Lipinski definition) is 4. The number of amides is 1. The SMILES string of the molecule is CN(C)C(=O)C(C(=O)c1ccc2cc[nH]c2c1)N1CCNCC1. The number of aromatic amines is 1.